The molecule has 8 nitrogen and oxygen atoms in total. The number of nitrogens with one attached hydrogen (secondary N) is 2. The molecule has 1 saturated carbocycles. The monoisotopic (exact) mass is 515 g/mol. The fourth-order valence-electron chi connectivity index (χ4n) is 5.91. The first kappa shape index (κ1) is 23.9. The predicted molar refractivity (Wildman–Crippen MR) is 143 cm³/mol. The third-order valence-electron chi connectivity index (χ3n) is 7.72. The van der Waals surface area contributed by atoms with Crippen molar-refractivity contribution in [1.82, 2.24) is 30.4 Å². The number of aromatic amines is 1. The summed E-state index contributed by atoms with van der Waals surface area (Å²) in [5.74, 6) is 0.558. The van der Waals surface area contributed by atoms with Crippen molar-refractivity contribution in [2.45, 2.75) is 63.7 Å². The first-order valence-corrected chi connectivity index (χ1v) is 13.6. The largest absolute Gasteiger partial charge is 0.326 e. The number of aryl methyl sites for hydroxylation is 1. The van der Waals surface area contributed by atoms with Gasteiger partial charge in [-0.1, -0.05) is 30.9 Å². The third kappa shape index (κ3) is 4.90. The number of hydrogen-bond donors (Lipinski definition) is 2. The van der Waals surface area contributed by atoms with Crippen molar-refractivity contribution in [3.8, 4) is 17.1 Å². The summed E-state index contributed by atoms with van der Waals surface area (Å²) in [6.45, 7) is 0. The Labute approximate surface area is 220 Å². The van der Waals surface area contributed by atoms with E-state index in [1.54, 1.807) is 0 Å². The Bertz CT molecular complexity index is 1360. The Morgan fingerprint density at radius 2 is 1.73 bits per heavy atom. The molecule has 1 fully saturated rings. The molecule has 37 heavy (non-hydrogen) atoms. The Morgan fingerprint density at radius 1 is 0.973 bits per heavy atom. The summed E-state index contributed by atoms with van der Waals surface area (Å²) >= 11 is 6.20. The molecule has 1 atom stereocenters. The molecule has 2 aliphatic rings. The standard InChI is InChI=1S/C28H30ClN7O/c29-20-12-16-22(17-13-20)36-26(23-8-4-5-9-24(23)33-36)25(18-6-2-1-3-7-18)28(37)30-21-14-10-19(11-15-21)27-31-34-35-32-27/h10-18,25H,1-9H2,(H,30,37)(H,31,32,34,35). The summed E-state index contributed by atoms with van der Waals surface area (Å²) in [7, 11) is 0. The number of tetrazole rings is 1. The highest BCUT2D eigenvalue weighted by atomic mass is 35.5. The van der Waals surface area contributed by atoms with Crippen LogP contribution in [-0.4, -0.2) is 36.3 Å². The lowest BCUT2D eigenvalue weighted by Crippen LogP contribution is -2.31. The molecule has 0 bridgehead atoms. The van der Waals surface area contributed by atoms with Crippen LogP contribution in [0.1, 0.15) is 67.8 Å². The number of amides is 1. The second-order valence-electron chi connectivity index (χ2n) is 10.1. The van der Waals surface area contributed by atoms with Gasteiger partial charge >= 0.3 is 0 Å². The highest BCUT2D eigenvalue weighted by Crippen LogP contribution is 2.41. The molecule has 2 aliphatic carbocycles. The summed E-state index contributed by atoms with van der Waals surface area (Å²) in [4.78, 5) is 14.1. The van der Waals surface area contributed by atoms with Crippen LogP contribution in [0.3, 0.4) is 0 Å². The fraction of sp³-hybridized carbons (Fsp3) is 0.393. The van der Waals surface area contributed by atoms with Crippen LogP contribution >= 0.6 is 11.6 Å². The van der Waals surface area contributed by atoms with Crippen molar-refractivity contribution in [2.24, 2.45) is 5.92 Å². The maximum absolute atomic E-state index is 14.1. The van der Waals surface area contributed by atoms with E-state index in [4.69, 9.17) is 16.7 Å². The molecule has 2 aromatic carbocycles. The maximum Gasteiger partial charge on any atom is 0.233 e. The third-order valence-corrected chi connectivity index (χ3v) is 7.97. The fourth-order valence-corrected chi connectivity index (χ4v) is 6.04. The van der Waals surface area contributed by atoms with Gasteiger partial charge in [0.1, 0.15) is 0 Å². The predicted octanol–water partition coefficient (Wildman–Crippen LogP) is 5.89. The number of halogens is 1. The van der Waals surface area contributed by atoms with Crippen molar-refractivity contribution in [3.05, 3.63) is 70.5 Å². The first-order chi connectivity index (χ1) is 18.2. The van der Waals surface area contributed by atoms with Crippen LogP contribution in [0, 0.1) is 5.92 Å². The Balaban J connectivity index is 1.38. The first-order valence-electron chi connectivity index (χ1n) is 13.2. The molecular formula is C28H30ClN7O. The molecule has 2 aromatic heterocycles. The van der Waals surface area contributed by atoms with Crippen LogP contribution in [-0.2, 0) is 17.6 Å². The summed E-state index contributed by atoms with van der Waals surface area (Å²) < 4.78 is 2.03. The van der Waals surface area contributed by atoms with E-state index >= 15 is 0 Å². The van der Waals surface area contributed by atoms with Crippen molar-refractivity contribution < 1.29 is 4.79 Å². The molecule has 6 rings (SSSR count). The molecule has 4 aromatic rings. The molecule has 0 radical (unpaired) electrons. The van der Waals surface area contributed by atoms with Gasteiger partial charge in [0.05, 0.1) is 23.0 Å². The number of anilines is 1. The minimum Gasteiger partial charge on any atom is -0.326 e. The molecule has 0 aliphatic heterocycles. The van der Waals surface area contributed by atoms with Gasteiger partial charge in [-0.2, -0.15) is 10.3 Å². The summed E-state index contributed by atoms with van der Waals surface area (Å²) in [5.41, 5.74) is 6.00. The van der Waals surface area contributed by atoms with Crippen molar-refractivity contribution >= 4 is 23.2 Å². The van der Waals surface area contributed by atoms with Crippen LogP contribution in [0.5, 0.6) is 0 Å². The highest BCUT2D eigenvalue weighted by molar-refractivity contribution is 6.30. The van der Waals surface area contributed by atoms with Gasteiger partial charge in [0.2, 0.25) is 11.7 Å². The average Bonchev–Trinajstić information content (AvgIpc) is 3.60. The van der Waals surface area contributed by atoms with Gasteiger partial charge in [-0.25, -0.2) is 4.68 Å². The number of aromatic nitrogens is 6. The molecule has 2 heterocycles. The number of rotatable bonds is 6. The topological polar surface area (TPSA) is 101 Å². The highest BCUT2D eigenvalue weighted by Gasteiger charge is 2.37. The normalized spacial score (nSPS) is 16.8. The van der Waals surface area contributed by atoms with Crippen molar-refractivity contribution in [3.63, 3.8) is 0 Å². The number of carbonyl (C=O) groups is 1. The Kier molecular flexibility index (Phi) is 6.74. The van der Waals surface area contributed by atoms with E-state index in [1.165, 1.54) is 12.0 Å². The molecule has 9 heteroatoms. The van der Waals surface area contributed by atoms with Gasteiger partial charge in [0.15, 0.2) is 0 Å². The number of benzene rings is 2. The molecule has 2 N–H and O–H groups in total. The quantitative estimate of drug-likeness (QED) is 0.333. The second-order valence-corrected chi connectivity index (χ2v) is 10.5. The maximum atomic E-state index is 14.1. The van der Waals surface area contributed by atoms with Gasteiger partial charge in [-0.05, 0) is 104 Å². The van der Waals surface area contributed by atoms with Crippen LogP contribution in [0.4, 0.5) is 5.69 Å². The second kappa shape index (κ2) is 10.5. The number of nitrogens with zero attached hydrogens (tertiary/aromatic N) is 5. The smallest absolute Gasteiger partial charge is 0.233 e. The molecule has 0 saturated heterocycles. The summed E-state index contributed by atoms with van der Waals surface area (Å²) in [6, 6.07) is 15.4. The van der Waals surface area contributed by atoms with Crippen LogP contribution in [0.25, 0.3) is 17.1 Å². The van der Waals surface area contributed by atoms with E-state index < -0.39 is 0 Å². The summed E-state index contributed by atoms with van der Waals surface area (Å²) in [5, 5.41) is 23.1. The van der Waals surface area contributed by atoms with Gasteiger partial charge in [0, 0.05) is 16.3 Å². The molecule has 1 amide bonds. The van der Waals surface area contributed by atoms with E-state index in [2.05, 4.69) is 25.9 Å². The number of fused-ring (bicyclic) bond motifs is 1. The zero-order valence-electron chi connectivity index (χ0n) is 20.7. The SMILES string of the molecule is O=C(Nc1ccc(-c2nn[nH]n2)cc1)C(c1c2c(nn1-c1ccc(Cl)cc1)CCCC2)C1CCCCC1. The van der Waals surface area contributed by atoms with Crippen LogP contribution in [0.2, 0.25) is 5.02 Å². The van der Waals surface area contributed by atoms with Crippen molar-refractivity contribution in [2.75, 3.05) is 5.32 Å². The van der Waals surface area contributed by atoms with E-state index in [9.17, 15) is 4.79 Å². The zero-order chi connectivity index (χ0) is 25.2. The van der Waals surface area contributed by atoms with Gasteiger partial charge in [-0.3, -0.25) is 4.79 Å². The van der Waals surface area contributed by atoms with Gasteiger partial charge < -0.3 is 5.32 Å². The Morgan fingerprint density at radius 3 is 2.46 bits per heavy atom. The molecular weight excluding hydrogens is 486 g/mol. The van der Waals surface area contributed by atoms with Crippen molar-refractivity contribution in [1.29, 1.82) is 0 Å². The van der Waals surface area contributed by atoms with E-state index in [-0.39, 0.29) is 17.7 Å². The lowest BCUT2D eigenvalue weighted by Gasteiger charge is -2.31. The van der Waals surface area contributed by atoms with E-state index in [1.807, 2.05) is 53.2 Å². The molecule has 0 spiro atoms. The number of carbonyl (C=O) groups excluding carboxylic acids is 1. The molecule has 190 valence electrons. The average molecular weight is 516 g/mol. The van der Waals surface area contributed by atoms with Gasteiger partial charge in [-0.15, -0.1) is 10.2 Å². The van der Waals surface area contributed by atoms with Crippen LogP contribution < -0.4 is 5.32 Å². The van der Waals surface area contributed by atoms with Crippen LogP contribution in [0.15, 0.2) is 48.5 Å². The van der Waals surface area contributed by atoms with Gasteiger partial charge in [0.25, 0.3) is 0 Å². The minimum atomic E-state index is -0.276. The number of hydrogen-bond acceptors (Lipinski definition) is 5. The Hall–Kier alpha value is -3.52. The molecule has 1 unspecified atom stereocenters. The lowest BCUT2D eigenvalue weighted by molar-refractivity contribution is -0.119. The summed E-state index contributed by atoms with van der Waals surface area (Å²) in [6.07, 6.45) is 9.84. The lowest BCUT2D eigenvalue weighted by atomic mass is 9.76. The number of H-pyrrole nitrogens is 1. The minimum absolute atomic E-state index is 0.0303. The van der Waals surface area contributed by atoms with E-state index in [0.717, 1.165) is 79.7 Å². The zero-order valence-corrected chi connectivity index (χ0v) is 21.4. The van der Waals surface area contributed by atoms with E-state index in [0.29, 0.717) is 10.8 Å².